The van der Waals surface area contributed by atoms with E-state index in [2.05, 4.69) is 10.1 Å². The van der Waals surface area contributed by atoms with Gasteiger partial charge >= 0.3 is 5.97 Å². The Bertz CT molecular complexity index is 432. The molecule has 0 saturated carbocycles. The zero-order chi connectivity index (χ0) is 12.8. The monoisotopic (exact) mass is 255 g/mol. The number of methoxy groups -OCH3 is 1. The summed E-state index contributed by atoms with van der Waals surface area (Å²) >= 11 is 5.40. The van der Waals surface area contributed by atoms with Crippen LogP contribution in [0.1, 0.15) is 22.8 Å². The van der Waals surface area contributed by atoms with Gasteiger partial charge in [0.15, 0.2) is 0 Å². The van der Waals surface area contributed by atoms with Crippen molar-refractivity contribution in [2.75, 3.05) is 18.3 Å². The van der Waals surface area contributed by atoms with Gasteiger partial charge in [0.2, 0.25) is 5.91 Å². The Balaban J connectivity index is 3.10. The Labute approximate surface area is 105 Å². The van der Waals surface area contributed by atoms with Gasteiger partial charge in [0.05, 0.1) is 18.4 Å². The molecule has 0 atom stereocenters. The van der Waals surface area contributed by atoms with Crippen LogP contribution in [0.5, 0.6) is 0 Å². The fourth-order valence-corrected chi connectivity index (χ4v) is 1.45. The van der Waals surface area contributed by atoms with Crippen LogP contribution in [0.4, 0.5) is 5.69 Å². The van der Waals surface area contributed by atoms with Crippen molar-refractivity contribution in [2.45, 2.75) is 13.3 Å². The van der Waals surface area contributed by atoms with Gasteiger partial charge in [-0.3, -0.25) is 4.79 Å². The molecule has 17 heavy (non-hydrogen) atoms. The second kappa shape index (κ2) is 6.25. The third kappa shape index (κ3) is 3.46. The molecule has 0 aliphatic heterocycles. The second-order valence-corrected chi connectivity index (χ2v) is 3.67. The molecule has 0 spiro atoms. The van der Waals surface area contributed by atoms with E-state index >= 15 is 0 Å². The topological polar surface area (TPSA) is 55.4 Å². The highest BCUT2D eigenvalue weighted by molar-refractivity contribution is 6.29. The summed E-state index contributed by atoms with van der Waals surface area (Å²) in [6.45, 7) is 1.98. The van der Waals surface area contributed by atoms with Crippen LogP contribution in [0.3, 0.4) is 0 Å². The first-order valence-corrected chi connectivity index (χ1v) is 5.72. The van der Waals surface area contributed by atoms with Crippen LogP contribution in [0, 0.1) is 0 Å². The molecule has 0 unspecified atom stereocenters. The highest BCUT2D eigenvalue weighted by Gasteiger charge is 2.14. The molecule has 0 radical (unpaired) electrons. The predicted octanol–water partition coefficient (Wildman–Crippen LogP) is 2.21. The predicted molar refractivity (Wildman–Crippen MR) is 66.5 cm³/mol. The SMILES string of the molecule is CCc1ccc(NC(=O)CCl)c(C(=O)OC)c1. The summed E-state index contributed by atoms with van der Waals surface area (Å²) in [5, 5.41) is 2.56. The molecule has 4 nitrogen and oxygen atoms in total. The summed E-state index contributed by atoms with van der Waals surface area (Å²) < 4.78 is 4.67. The Morgan fingerprint density at radius 2 is 2.12 bits per heavy atom. The first-order valence-electron chi connectivity index (χ1n) is 5.19. The maximum Gasteiger partial charge on any atom is 0.339 e. The maximum atomic E-state index is 11.6. The number of anilines is 1. The average Bonchev–Trinajstić information content (AvgIpc) is 2.38. The summed E-state index contributed by atoms with van der Waals surface area (Å²) in [6.07, 6.45) is 0.799. The number of nitrogens with one attached hydrogen (secondary N) is 1. The lowest BCUT2D eigenvalue weighted by atomic mass is 10.1. The van der Waals surface area contributed by atoms with E-state index < -0.39 is 5.97 Å². The van der Waals surface area contributed by atoms with E-state index in [0.717, 1.165) is 12.0 Å². The minimum absolute atomic E-state index is 0.157. The van der Waals surface area contributed by atoms with Gasteiger partial charge in [-0.1, -0.05) is 13.0 Å². The minimum atomic E-state index is -0.481. The number of esters is 1. The first-order chi connectivity index (χ1) is 8.12. The number of amides is 1. The van der Waals surface area contributed by atoms with Crippen molar-refractivity contribution in [3.05, 3.63) is 29.3 Å². The molecule has 0 aliphatic carbocycles. The number of ether oxygens (including phenoxy) is 1. The molecule has 1 N–H and O–H groups in total. The number of hydrogen-bond acceptors (Lipinski definition) is 3. The van der Waals surface area contributed by atoms with Crippen molar-refractivity contribution in [1.29, 1.82) is 0 Å². The molecule has 1 amide bonds. The van der Waals surface area contributed by atoms with Crippen LogP contribution in [-0.2, 0) is 16.0 Å². The van der Waals surface area contributed by atoms with Crippen LogP contribution in [0.15, 0.2) is 18.2 Å². The molecule has 5 heteroatoms. The lowest BCUT2D eigenvalue weighted by Gasteiger charge is -2.10. The van der Waals surface area contributed by atoms with Crippen molar-refractivity contribution in [1.82, 2.24) is 0 Å². The number of halogens is 1. The number of alkyl halides is 1. The van der Waals surface area contributed by atoms with Gasteiger partial charge in [0.25, 0.3) is 0 Å². The van der Waals surface area contributed by atoms with E-state index in [1.807, 2.05) is 13.0 Å². The molecule has 0 saturated heterocycles. The minimum Gasteiger partial charge on any atom is -0.465 e. The summed E-state index contributed by atoms with van der Waals surface area (Å²) in [5.41, 5.74) is 1.75. The summed E-state index contributed by atoms with van der Waals surface area (Å²) in [6, 6.07) is 5.22. The molecule has 1 aromatic carbocycles. The van der Waals surface area contributed by atoms with E-state index in [1.165, 1.54) is 7.11 Å². The number of carbonyl (C=O) groups is 2. The van der Waals surface area contributed by atoms with E-state index in [1.54, 1.807) is 12.1 Å². The van der Waals surface area contributed by atoms with Gasteiger partial charge in [-0.2, -0.15) is 0 Å². The average molecular weight is 256 g/mol. The number of rotatable bonds is 4. The summed E-state index contributed by atoms with van der Waals surface area (Å²) in [4.78, 5) is 22.8. The Kier molecular flexibility index (Phi) is 4.97. The number of benzene rings is 1. The largest absolute Gasteiger partial charge is 0.465 e. The third-order valence-corrected chi connectivity index (χ3v) is 2.54. The first kappa shape index (κ1) is 13.5. The summed E-state index contributed by atoms with van der Waals surface area (Å²) in [5.74, 6) is -0.998. The van der Waals surface area contributed by atoms with E-state index in [9.17, 15) is 9.59 Å². The maximum absolute atomic E-state index is 11.6. The van der Waals surface area contributed by atoms with Gasteiger partial charge in [0.1, 0.15) is 5.88 Å². The quantitative estimate of drug-likeness (QED) is 0.663. The van der Waals surface area contributed by atoms with Crippen molar-refractivity contribution < 1.29 is 14.3 Å². The Morgan fingerprint density at radius 3 is 2.65 bits per heavy atom. The van der Waals surface area contributed by atoms with Crippen molar-refractivity contribution in [3.8, 4) is 0 Å². The Hall–Kier alpha value is -1.55. The smallest absolute Gasteiger partial charge is 0.339 e. The van der Waals surface area contributed by atoms with Gasteiger partial charge in [-0.05, 0) is 24.1 Å². The van der Waals surface area contributed by atoms with Crippen LogP contribution < -0.4 is 5.32 Å². The van der Waals surface area contributed by atoms with Crippen LogP contribution in [0.25, 0.3) is 0 Å². The second-order valence-electron chi connectivity index (χ2n) is 3.41. The molecule has 0 bridgehead atoms. The fraction of sp³-hybridized carbons (Fsp3) is 0.333. The van der Waals surface area contributed by atoms with Crippen LogP contribution in [-0.4, -0.2) is 24.9 Å². The Morgan fingerprint density at radius 1 is 1.41 bits per heavy atom. The molecule has 0 aromatic heterocycles. The molecule has 0 aliphatic rings. The van der Waals surface area contributed by atoms with Gasteiger partial charge < -0.3 is 10.1 Å². The zero-order valence-corrected chi connectivity index (χ0v) is 10.5. The normalized spacial score (nSPS) is 9.82. The van der Waals surface area contributed by atoms with Gasteiger partial charge in [-0.25, -0.2) is 4.79 Å². The summed E-state index contributed by atoms with van der Waals surface area (Å²) in [7, 11) is 1.30. The van der Waals surface area contributed by atoms with Gasteiger partial charge in [-0.15, -0.1) is 11.6 Å². The molecule has 0 fully saturated rings. The number of hydrogen-bond donors (Lipinski definition) is 1. The fourth-order valence-electron chi connectivity index (χ4n) is 1.38. The van der Waals surface area contributed by atoms with E-state index in [-0.39, 0.29) is 11.8 Å². The lowest BCUT2D eigenvalue weighted by Crippen LogP contribution is -2.16. The lowest BCUT2D eigenvalue weighted by molar-refractivity contribution is -0.113. The zero-order valence-electron chi connectivity index (χ0n) is 9.75. The highest BCUT2D eigenvalue weighted by Crippen LogP contribution is 2.19. The van der Waals surface area contributed by atoms with Crippen LogP contribution >= 0.6 is 11.6 Å². The molecular formula is C12H14ClNO3. The molecule has 1 aromatic rings. The molecular weight excluding hydrogens is 242 g/mol. The number of carbonyl (C=O) groups excluding carboxylic acids is 2. The van der Waals surface area contributed by atoms with E-state index in [4.69, 9.17) is 11.6 Å². The molecule has 92 valence electrons. The molecule has 1 rings (SSSR count). The standard InChI is InChI=1S/C12H14ClNO3/c1-3-8-4-5-10(14-11(15)7-13)9(6-8)12(16)17-2/h4-6H,3,7H2,1-2H3,(H,14,15). The van der Waals surface area contributed by atoms with Crippen molar-refractivity contribution in [3.63, 3.8) is 0 Å². The highest BCUT2D eigenvalue weighted by atomic mass is 35.5. The van der Waals surface area contributed by atoms with Crippen molar-refractivity contribution >= 4 is 29.2 Å². The van der Waals surface area contributed by atoms with Crippen molar-refractivity contribution in [2.24, 2.45) is 0 Å². The molecule has 0 heterocycles. The number of aryl methyl sites for hydroxylation is 1. The van der Waals surface area contributed by atoms with Gasteiger partial charge in [0, 0.05) is 0 Å². The third-order valence-electron chi connectivity index (χ3n) is 2.29. The van der Waals surface area contributed by atoms with E-state index in [0.29, 0.717) is 11.3 Å². The van der Waals surface area contributed by atoms with Crippen LogP contribution in [0.2, 0.25) is 0 Å².